The largest absolute Gasteiger partial charge is 1.00 e. The summed E-state index contributed by atoms with van der Waals surface area (Å²) >= 11 is 0. The first-order valence-corrected chi connectivity index (χ1v) is 9.15. The summed E-state index contributed by atoms with van der Waals surface area (Å²) in [6, 6.07) is 14.5. The zero-order chi connectivity index (χ0) is 18.5. The maximum Gasteiger partial charge on any atom is 1.00 e. The Morgan fingerprint density at radius 2 is 1.53 bits per heavy atom. The topological polar surface area (TPSA) is 54.0 Å². The van der Waals surface area contributed by atoms with Crippen LogP contribution in [0.4, 0.5) is 11.4 Å². The normalized spacial score (nSPS) is 13.3. The smallest absolute Gasteiger partial charge is 0.665 e. The Bertz CT molecular complexity index is 1470. The molecule has 0 fully saturated rings. The van der Waals surface area contributed by atoms with Gasteiger partial charge in [-0.3, -0.25) is 9.97 Å². The van der Waals surface area contributed by atoms with E-state index in [-0.39, 0.29) is 103 Å². The van der Waals surface area contributed by atoms with Crippen LogP contribution in [0, 0.1) is 0 Å². The molecule has 2 aromatic carbocycles. The molecule has 6 heteroatoms. The Balaban J connectivity index is 0.00000109. The van der Waals surface area contributed by atoms with Gasteiger partial charge in [-0.05, 0) is 28.1 Å². The average molecular weight is 437 g/mol. The van der Waals surface area contributed by atoms with E-state index in [1.807, 2.05) is 30.6 Å². The number of benzene rings is 2. The zero-order valence-electron chi connectivity index (χ0n) is 16.9. The van der Waals surface area contributed by atoms with E-state index in [0.717, 1.165) is 54.9 Å². The molecule has 2 aromatic heterocycles. The molecule has 0 saturated heterocycles. The van der Waals surface area contributed by atoms with Crippen molar-refractivity contribution in [1.29, 1.82) is 0 Å². The fourth-order valence-corrected chi connectivity index (χ4v) is 3.76. The molecule has 2 aliphatic heterocycles. The molecule has 0 radical (unpaired) electrons. The van der Waals surface area contributed by atoms with Gasteiger partial charge in [0.2, 0.25) is 0 Å². The Morgan fingerprint density at radius 1 is 0.733 bits per heavy atom. The quantitative estimate of drug-likeness (QED) is 0.282. The number of fused-ring (bicyclic) bond motifs is 6. The minimum absolute atomic E-state index is 0. The van der Waals surface area contributed by atoms with Crippen LogP contribution in [-0.4, -0.2) is 9.97 Å². The first-order valence-electron chi connectivity index (χ1n) is 9.15. The number of allylic oxidation sites excluding steroid dienone is 2. The van der Waals surface area contributed by atoms with Gasteiger partial charge in [0, 0.05) is 23.2 Å². The van der Waals surface area contributed by atoms with Crippen molar-refractivity contribution in [3.63, 3.8) is 0 Å². The zero-order valence-corrected chi connectivity index (χ0v) is 23.1. The molecule has 0 unspecified atom stereocenters. The predicted octanol–water partition coefficient (Wildman–Crippen LogP) is -1.06. The van der Waals surface area contributed by atoms with Crippen LogP contribution in [0.2, 0.25) is 0 Å². The molecular weight excluding hydrogens is 422 g/mol. The first-order chi connectivity index (χ1) is 13.9. The van der Waals surface area contributed by atoms with Gasteiger partial charge in [0.1, 0.15) is 0 Å². The van der Waals surface area contributed by atoms with Crippen molar-refractivity contribution >= 4 is 51.0 Å². The predicted molar refractivity (Wildman–Crippen MR) is 115 cm³/mol. The van der Waals surface area contributed by atoms with Crippen molar-refractivity contribution in [3.8, 4) is 0 Å². The van der Waals surface area contributed by atoms with E-state index < -0.39 is 0 Å². The van der Waals surface area contributed by atoms with Crippen molar-refractivity contribution in [2.24, 2.45) is 0 Å². The molecule has 0 aliphatic carbocycles. The molecule has 6 rings (SSSR count). The van der Waals surface area contributed by atoms with Crippen molar-refractivity contribution < 1.29 is 103 Å². The monoisotopic (exact) mass is 436 g/mol. The van der Waals surface area contributed by atoms with Gasteiger partial charge in [-0.1, -0.05) is 54.6 Å². The van der Waals surface area contributed by atoms with Crippen LogP contribution in [0.1, 0.15) is 5.56 Å². The standard InChI is InChI=1S/C24H14N4.2K/c1-3-15-7-8-18-13-19(14-27-23(18)21(15)25-11-1)20-10-9-17-6-5-16-4-2-12-26-22(16)24(17)28-20;;/h1-14H;;/q-2;2*+1. The van der Waals surface area contributed by atoms with E-state index >= 15 is 0 Å². The van der Waals surface area contributed by atoms with Crippen LogP contribution in [-0.2, 0) is 0 Å². The van der Waals surface area contributed by atoms with Crippen LogP contribution < -0.4 is 113 Å². The van der Waals surface area contributed by atoms with Crippen LogP contribution in [0.15, 0.2) is 73.2 Å². The third-order valence-electron chi connectivity index (χ3n) is 5.15. The van der Waals surface area contributed by atoms with Gasteiger partial charge in [-0.25, -0.2) is 0 Å². The van der Waals surface area contributed by atoms with Crippen LogP contribution in [0.5, 0.6) is 0 Å². The van der Waals surface area contributed by atoms with Gasteiger partial charge in [0.15, 0.2) is 0 Å². The molecule has 2 aliphatic rings. The molecule has 132 valence electrons. The summed E-state index contributed by atoms with van der Waals surface area (Å²) in [5.41, 5.74) is 5.54. The van der Waals surface area contributed by atoms with Crippen LogP contribution in [0.3, 0.4) is 0 Å². The molecule has 4 nitrogen and oxygen atoms in total. The number of rotatable bonds is 1. The summed E-state index contributed by atoms with van der Waals surface area (Å²) in [5, 5.41) is 13.8. The van der Waals surface area contributed by atoms with Crippen molar-refractivity contribution in [2.75, 3.05) is 0 Å². The summed E-state index contributed by atoms with van der Waals surface area (Å²) in [7, 11) is 0. The maximum atomic E-state index is 4.92. The molecule has 0 atom stereocenters. The summed E-state index contributed by atoms with van der Waals surface area (Å²) in [6.45, 7) is 0. The van der Waals surface area contributed by atoms with Gasteiger partial charge in [0.25, 0.3) is 0 Å². The van der Waals surface area contributed by atoms with Crippen LogP contribution in [0.25, 0.3) is 50.3 Å². The number of aromatic nitrogens is 2. The second-order valence-corrected chi connectivity index (χ2v) is 6.85. The second-order valence-electron chi connectivity index (χ2n) is 6.85. The van der Waals surface area contributed by atoms with Gasteiger partial charge in [-0.2, -0.15) is 6.20 Å². The molecule has 0 bridgehead atoms. The molecule has 0 spiro atoms. The minimum atomic E-state index is 0. The Labute approximate surface area is 259 Å². The summed E-state index contributed by atoms with van der Waals surface area (Å²) < 4.78 is 0. The molecule has 0 N–H and O–H groups in total. The van der Waals surface area contributed by atoms with E-state index in [2.05, 4.69) is 58.9 Å². The fraction of sp³-hybridized carbons (Fsp3) is 0. The maximum absolute atomic E-state index is 4.92. The second kappa shape index (κ2) is 9.46. The molecule has 0 saturated carbocycles. The number of pyridine rings is 2. The molecule has 0 amide bonds. The van der Waals surface area contributed by atoms with E-state index in [9.17, 15) is 0 Å². The van der Waals surface area contributed by atoms with Gasteiger partial charge >= 0.3 is 103 Å². The molecule has 4 heterocycles. The van der Waals surface area contributed by atoms with Crippen molar-refractivity contribution in [1.82, 2.24) is 9.97 Å². The number of hydrogen-bond donors (Lipinski definition) is 0. The van der Waals surface area contributed by atoms with E-state index in [1.165, 1.54) is 0 Å². The number of nitrogens with zero attached hydrogens (tertiary/aromatic N) is 4. The molecular formula is C24H14K2N4. The summed E-state index contributed by atoms with van der Waals surface area (Å²) in [4.78, 5) is 9.21. The van der Waals surface area contributed by atoms with Gasteiger partial charge < -0.3 is 10.6 Å². The van der Waals surface area contributed by atoms with Crippen LogP contribution >= 0.6 is 0 Å². The SMILES string of the molecule is C1=C[N-]c2c3c(ccc2=C1)=CC=C(c1cnc2c(ccc4cccnc42)c1)[N-]3.[K+].[K+]. The minimum Gasteiger partial charge on any atom is -0.665 e. The van der Waals surface area contributed by atoms with E-state index in [0.29, 0.717) is 0 Å². The average Bonchev–Trinajstić information content (AvgIpc) is 2.78. The number of hydrogen-bond acceptors (Lipinski definition) is 2. The summed E-state index contributed by atoms with van der Waals surface area (Å²) in [5.74, 6) is 0. The van der Waals surface area contributed by atoms with E-state index in [1.54, 1.807) is 6.20 Å². The first kappa shape index (κ1) is 22.5. The third kappa shape index (κ3) is 3.95. The Morgan fingerprint density at radius 3 is 2.43 bits per heavy atom. The van der Waals surface area contributed by atoms with Gasteiger partial charge in [0.05, 0.1) is 11.0 Å². The van der Waals surface area contributed by atoms with Crippen molar-refractivity contribution in [2.45, 2.75) is 0 Å². The fourth-order valence-electron chi connectivity index (χ4n) is 3.76. The van der Waals surface area contributed by atoms with E-state index in [4.69, 9.17) is 10.3 Å². The van der Waals surface area contributed by atoms with Crippen molar-refractivity contribution in [3.05, 3.63) is 99.8 Å². The summed E-state index contributed by atoms with van der Waals surface area (Å²) in [6.07, 6.45) is 13.6. The van der Waals surface area contributed by atoms with Gasteiger partial charge in [-0.15, -0.1) is 17.1 Å². The third-order valence-corrected chi connectivity index (χ3v) is 5.15. The Hall–Kier alpha value is -0.647. The Kier molecular flexibility index (Phi) is 7.11. The molecule has 4 aromatic rings. The molecule has 30 heavy (non-hydrogen) atoms.